The highest BCUT2D eigenvalue weighted by Gasteiger charge is 2.25. The number of hydrogen-bond acceptors (Lipinski definition) is 4. The van der Waals surface area contributed by atoms with Crippen molar-refractivity contribution in [2.75, 3.05) is 13.2 Å². The van der Waals surface area contributed by atoms with Gasteiger partial charge in [0.2, 0.25) is 0 Å². The Hall–Kier alpha value is -0.590. The number of nitrogens with one attached hydrogen (secondary N) is 1. The van der Waals surface area contributed by atoms with E-state index >= 15 is 0 Å². The van der Waals surface area contributed by atoms with E-state index in [0.29, 0.717) is 6.54 Å². The zero-order valence-corrected chi connectivity index (χ0v) is 8.61. The van der Waals surface area contributed by atoms with Crippen LogP contribution >= 0.6 is 8.18 Å². The van der Waals surface area contributed by atoms with Gasteiger partial charge in [0.05, 0.1) is 19.3 Å². The first-order valence-electron chi connectivity index (χ1n) is 3.93. The summed E-state index contributed by atoms with van der Waals surface area (Å²) < 4.78 is 14.7. The monoisotopic (exact) mass is 225 g/mol. The van der Waals surface area contributed by atoms with Crippen LogP contribution in [0.4, 0.5) is 0 Å². The van der Waals surface area contributed by atoms with E-state index in [1.165, 1.54) is 6.92 Å². The minimum atomic E-state index is -2.17. The van der Waals surface area contributed by atoms with Crippen molar-refractivity contribution in [3.8, 4) is 0 Å². The van der Waals surface area contributed by atoms with Crippen LogP contribution in [0.15, 0.2) is 0 Å². The Labute approximate surface area is 82.2 Å². The van der Waals surface area contributed by atoms with Crippen LogP contribution in [0.1, 0.15) is 6.92 Å². The molecule has 5 N–H and O–H groups in total. The highest BCUT2D eigenvalue weighted by atomic mass is 31.1. The zero-order valence-electron chi connectivity index (χ0n) is 7.71. The third kappa shape index (κ3) is 9.50. The molecule has 0 aromatic rings. The molecule has 7 nitrogen and oxygen atoms in total. The first-order valence-corrected chi connectivity index (χ1v) is 5.14. The number of ether oxygens (including phenoxy) is 1. The van der Waals surface area contributed by atoms with Crippen LogP contribution in [0.5, 0.6) is 0 Å². The predicted octanol–water partition coefficient (Wildman–Crippen LogP) is -0.957. The Morgan fingerprint density at radius 1 is 1.86 bits per heavy atom. The molecular formula is C6H14N2O5P+. The summed E-state index contributed by atoms with van der Waals surface area (Å²) in [4.78, 5) is 17.7. The second-order valence-electron chi connectivity index (χ2n) is 2.72. The van der Waals surface area contributed by atoms with E-state index in [1.807, 2.05) is 0 Å². The Kier molecular flexibility index (Phi) is 6.52. The van der Waals surface area contributed by atoms with Crippen molar-refractivity contribution in [1.29, 1.82) is 0 Å². The van der Waals surface area contributed by atoms with Gasteiger partial charge in [-0.15, -0.1) is 4.89 Å². The number of rotatable bonds is 4. The average molecular weight is 225 g/mol. The number of carboxylic acid groups (broad SMARTS) is 1. The maximum atomic E-state index is 9.91. The van der Waals surface area contributed by atoms with Crippen LogP contribution in [0.2, 0.25) is 0 Å². The minimum Gasteiger partial charge on any atom is -0.480 e. The third-order valence-corrected chi connectivity index (χ3v) is 1.70. The maximum absolute atomic E-state index is 9.91. The molecule has 2 unspecified atom stereocenters. The van der Waals surface area contributed by atoms with E-state index in [0.717, 1.165) is 6.61 Å². The molecule has 0 spiro atoms. The van der Waals surface area contributed by atoms with Crippen molar-refractivity contribution in [2.45, 2.75) is 19.1 Å². The van der Waals surface area contributed by atoms with Crippen LogP contribution in [-0.2, 0) is 14.1 Å². The number of epoxide rings is 1. The Bertz CT molecular complexity index is 206. The van der Waals surface area contributed by atoms with Crippen molar-refractivity contribution in [1.82, 2.24) is 5.09 Å². The number of carbonyl (C=O) groups is 1. The fraction of sp³-hybridized carbons (Fsp3) is 0.833. The first kappa shape index (κ1) is 13.4. The van der Waals surface area contributed by atoms with Crippen molar-refractivity contribution >= 4 is 14.1 Å². The molecule has 0 saturated carbocycles. The lowest BCUT2D eigenvalue weighted by Gasteiger charge is -1.90. The van der Waals surface area contributed by atoms with E-state index in [2.05, 4.69) is 5.09 Å². The first-order chi connectivity index (χ1) is 6.43. The lowest BCUT2D eigenvalue weighted by atomic mass is 10.4. The lowest BCUT2D eigenvalue weighted by molar-refractivity contribution is -0.138. The van der Waals surface area contributed by atoms with Gasteiger partial charge >= 0.3 is 14.1 Å². The van der Waals surface area contributed by atoms with Gasteiger partial charge in [-0.1, -0.05) is 5.09 Å². The summed E-state index contributed by atoms with van der Waals surface area (Å²) in [6.45, 7) is 2.63. The summed E-state index contributed by atoms with van der Waals surface area (Å²) >= 11 is 0. The standard InChI is InChI=1S/C3H6NO3P.C3H7NO2/c5-8(6)4-1-3-2-7-3;1-2(4)3(5)6/h3H,1-2H2,(H-,4,5,6);2H,4H2,1H3,(H,5,6)/p+1/t;2-/m.0/s1. The molecule has 1 saturated heterocycles. The molecule has 0 bridgehead atoms. The SMILES string of the molecule is C[C@H](N)C(=O)O.O=[P+](O)NCC1CO1. The molecule has 1 aliphatic heterocycles. The summed E-state index contributed by atoms with van der Waals surface area (Å²) in [6, 6.07) is -0.731. The minimum absolute atomic E-state index is 0.182. The lowest BCUT2D eigenvalue weighted by Crippen LogP contribution is -2.25. The van der Waals surface area contributed by atoms with Gasteiger partial charge in [0.25, 0.3) is 0 Å². The topological polar surface area (TPSA) is 125 Å². The Balaban J connectivity index is 0.000000255. The van der Waals surface area contributed by atoms with Gasteiger partial charge in [-0.05, 0) is 11.5 Å². The Morgan fingerprint density at radius 2 is 2.29 bits per heavy atom. The molecule has 0 aliphatic carbocycles. The summed E-state index contributed by atoms with van der Waals surface area (Å²) in [6.07, 6.45) is 0.182. The summed E-state index contributed by atoms with van der Waals surface area (Å²) in [5, 5.41) is 10.2. The summed E-state index contributed by atoms with van der Waals surface area (Å²) in [7, 11) is -2.17. The van der Waals surface area contributed by atoms with Crippen LogP contribution in [0.3, 0.4) is 0 Å². The summed E-state index contributed by atoms with van der Waals surface area (Å²) in [5.74, 6) is -0.963. The molecule has 0 aromatic carbocycles. The molecule has 1 rings (SSSR count). The summed E-state index contributed by atoms with van der Waals surface area (Å²) in [5.41, 5.74) is 4.84. The highest BCUT2D eigenvalue weighted by molar-refractivity contribution is 7.35. The second-order valence-corrected chi connectivity index (χ2v) is 3.58. The fourth-order valence-corrected chi connectivity index (χ4v) is 0.726. The van der Waals surface area contributed by atoms with Crippen LogP contribution in [-0.4, -0.2) is 41.3 Å². The van der Waals surface area contributed by atoms with E-state index < -0.39 is 20.2 Å². The van der Waals surface area contributed by atoms with Crippen molar-refractivity contribution in [3.63, 3.8) is 0 Å². The average Bonchev–Trinajstić information content (AvgIpc) is 2.84. The Morgan fingerprint density at radius 3 is 2.50 bits per heavy atom. The van der Waals surface area contributed by atoms with Gasteiger partial charge in [0.15, 0.2) is 0 Å². The maximum Gasteiger partial charge on any atom is 0.610 e. The van der Waals surface area contributed by atoms with Gasteiger partial charge in [0, 0.05) is 0 Å². The van der Waals surface area contributed by atoms with E-state index in [4.69, 9.17) is 20.5 Å². The van der Waals surface area contributed by atoms with Crippen molar-refractivity contribution in [2.24, 2.45) is 5.73 Å². The van der Waals surface area contributed by atoms with Gasteiger partial charge in [-0.3, -0.25) is 4.79 Å². The molecule has 0 amide bonds. The van der Waals surface area contributed by atoms with Gasteiger partial charge in [0.1, 0.15) is 6.04 Å². The van der Waals surface area contributed by atoms with Crippen molar-refractivity contribution in [3.05, 3.63) is 0 Å². The smallest absolute Gasteiger partial charge is 0.480 e. The van der Waals surface area contributed by atoms with Crippen LogP contribution in [0, 0.1) is 0 Å². The molecule has 1 heterocycles. The molecule has 8 heteroatoms. The number of aliphatic carboxylic acids is 1. The van der Waals surface area contributed by atoms with Gasteiger partial charge < -0.3 is 15.6 Å². The molecular weight excluding hydrogens is 211 g/mol. The third-order valence-electron chi connectivity index (χ3n) is 1.25. The second kappa shape index (κ2) is 6.80. The zero-order chi connectivity index (χ0) is 11.1. The normalized spacial score (nSPS) is 21.6. The number of carboxylic acids is 1. The number of hydrogen-bond donors (Lipinski definition) is 4. The highest BCUT2D eigenvalue weighted by Crippen LogP contribution is 2.11. The quantitative estimate of drug-likeness (QED) is 0.358. The molecule has 1 aliphatic rings. The van der Waals surface area contributed by atoms with Crippen LogP contribution in [0.25, 0.3) is 0 Å². The van der Waals surface area contributed by atoms with Gasteiger partial charge in [-0.25, -0.2) is 0 Å². The van der Waals surface area contributed by atoms with E-state index in [1.54, 1.807) is 0 Å². The van der Waals surface area contributed by atoms with E-state index in [9.17, 15) is 9.36 Å². The molecule has 3 atom stereocenters. The predicted molar refractivity (Wildman–Crippen MR) is 48.9 cm³/mol. The van der Waals surface area contributed by atoms with Crippen LogP contribution < -0.4 is 10.8 Å². The molecule has 0 aromatic heterocycles. The fourth-order valence-electron chi connectivity index (χ4n) is 0.366. The molecule has 0 radical (unpaired) electrons. The molecule has 1 fully saturated rings. The molecule has 14 heavy (non-hydrogen) atoms. The molecule has 82 valence electrons. The van der Waals surface area contributed by atoms with E-state index in [-0.39, 0.29) is 6.10 Å². The van der Waals surface area contributed by atoms with Crippen molar-refractivity contribution < 1.29 is 24.1 Å². The number of nitrogens with two attached hydrogens (primary N) is 1. The largest absolute Gasteiger partial charge is 0.610 e. The van der Waals surface area contributed by atoms with Gasteiger partial charge in [-0.2, -0.15) is 0 Å².